The van der Waals surface area contributed by atoms with E-state index >= 15 is 0 Å². The molecule has 0 aromatic carbocycles. The van der Waals surface area contributed by atoms with Crippen LogP contribution in [0.25, 0.3) is 0 Å². The number of hydrogen-bond acceptors (Lipinski definition) is 1. The number of nitrogens with one attached hydrogen (secondary N) is 1. The Hall–Kier alpha value is -1.18. The van der Waals surface area contributed by atoms with E-state index in [-0.39, 0.29) is 0 Å². The summed E-state index contributed by atoms with van der Waals surface area (Å²) in [4.78, 5) is 3.49. The fraction of sp³-hybridized carbons (Fsp3) is 0. The average molecular weight is 108 g/mol. The zero-order valence-corrected chi connectivity index (χ0v) is 4.54. The largest absolute Gasteiger partial charge is 0.290 e. The Kier molecular flexibility index (Phi) is 4.96. The molecule has 2 nitrogen and oxygen atoms in total. The molecule has 8 heavy (non-hydrogen) atoms. The fourth-order valence-corrected chi connectivity index (χ4v) is 0.221. The van der Waals surface area contributed by atoms with Crippen molar-refractivity contribution in [3.05, 3.63) is 24.8 Å². The molecule has 0 saturated carbocycles. The van der Waals surface area contributed by atoms with Crippen LogP contribution in [0.3, 0.4) is 0 Å². The summed E-state index contributed by atoms with van der Waals surface area (Å²) in [5.74, 6) is 0. The lowest BCUT2D eigenvalue weighted by molar-refractivity contribution is 1.52. The Morgan fingerprint density at radius 3 is 2.62 bits per heavy atom. The maximum atomic E-state index is 6.46. The summed E-state index contributed by atoms with van der Waals surface area (Å²) in [6.45, 7) is 3.45. The molecule has 0 aliphatic carbocycles. The maximum absolute atomic E-state index is 6.46. The predicted molar refractivity (Wildman–Crippen MR) is 36.6 cm³/mol. The van der Waals surface area contributed by atoms with Gasteiger partial charge >= 0.3 is 0 Å². The highest BCUT2D eigenvalue weighted by Crippen LogP contribution is 1.66. The standard InChI is InChI=1S/C6H8N2/c1-2-3-4-5-8-6-7/h2-7H,1H2/b4-3+,7-6?,8-5?. The topological polar surface area (TPSA) is 36.2 Å². The molecule has 0 amide bonds. The molecule has 0 spiro atoms. The number of aliphatic imine (C=N–C) groups is 1. The van der Waals surface area contributed by atoms with Crippen molar-refractivity contribution >= 4 is 12.6 Å². The molecule has 0 fully saturated rings. The minimum absolute atomic E-state index is 0.980. The van der Waals surface area contributed by atoms with Crippen LogP contribution in [0.4, 0.5) is 0 Å². The van der Waals surface area contributed by atoms with Crippen LogP contribution in [0.1, 0.15) is 0 Å². The highest BCUT2D eigenvalue weighted by Gasteiger charge is 1.55. The quantitative estimate of drug-likeness (QED) is 0.322. The third-order valence-electron chi connectivity index (χ3n) is 0.494. The van der Waals surface area contributed by atoms with Crippen LogP contribution in [0, 0.1) is 5.41 Å². The summed E-state index contributed by atoms with van der Waals surface area (Å²) < 4.78 is 0. The second-order valence-electron chi connectivity index (χ2n) is 1.05. The van der Waals surface area contributed by atoms with E-state index in [4.69, 9.17) is 5.41 Å². The van der Waals surface area contributed by atoms with Crippen molar-refractivity contribution in [1.82, 2.24) is 0 Å². The summed E-state index contributed by atoms with van der Waals surface area (Å²) in [7, 11) is 0. The number of hydrogen-bond donors (Lipinski definition) is 1. The molecule has 0 unspecified atom stereocenters. The van der Waals surface area contributed by atoms with Crippen LogP contribution in [0.5, 0.6) is 0 Å². The van der Waals surface area contributed by atoms with Gasteiger partial charge in [0.2, 0.25) is 0 Å². The van der Waals surface area contributed by atoms with Crippen molar-refractivity contribution in [2.24, 2.45) is 4.99 Å². The van der Waals surface area contributed by atoms with E-state index in [1.807, 2.05) is 0 Å². The Morgan fingerprint density at radius 1 is 1.38 bits per heavy atom. The summed E-state index contributed by atoms with van der Waals surface area (Å²) in [5.41, 5.74) is 0. The lowest BCUT2D eigenvalue weighted by Gasteiger charge is -1.66. The molecular weight excluding hydrogens is 100 g/mol. The predicted octanol–water partition coefficient (Wildman–Crippen LogP) is 1.41. The molecule has 0 saturated heterocycles. The van der Waals surface area contributed by atoms with Crippen molar-refractivity contribution in [3.63, 3.8) is 0 Å². The summed E-state index contributed by atoms with van der Waals surface area (Å²) in [5, 5.41) is 6.46. The van der Waals surface area contributed by atoms with Crippen LogP contribution < -0.4 is 0 Å². The number of allylic oxidation sites excluding steroid dienone is 3. The lowest BCUT2D eigenvalue weighted by atomic mass is 10.5. The molecule has 0 aliphatic heterocycles. The van der Waals surface area contributed by atoms with Gasteiger partial charge in [0.25, 0.3) is 0 Å². The lowest BCUT2D eigenvalue weighted by Crippen LogP contribution is -1.62. The first-order valence-corrected chi connectivity index (χ1v) is 2.21. The first kappa shape index (κ1) is 6.82. The first-order valence-electron chi connectivity index (χ1n) is 2.21. The molecule has 42 valence electrons. The van der Waals surface area contributed by atoms with Gasteiger partial charge in [-0.3, -0.25) is 5.41 Å². The zero-order chi connectivity index (χ0) is 6.24. The smallest absolute Gasteiger partial charge is 0.106 e. The summed E-state index contributed by atoms with van der Waals surface area (Å²) >= 11 is 0. The Morgan fingerprint density at radius 2 is 2.12 bits per heavy atom. The first-order chi connectivity index (χ1) is 3.91. The fourth-order valence-electron chi connectivity index (χ4n) is 0.221. The van der Waals surface area contributed by atoms with E-state index in [1.54, 1.807) is 18.2 Å². The van der Waals surface area contributed by atoms with Gasteiger partial charge < -0.3 is 0 Å². The molecule has 0 aromatic heterocycles. The molecule has 1 N–H and O–H groups in total. The van der Waals surface area contributed by atoms with Gasteiger partial charge in [0, 0.05) is 6.21 Å². The molecule has 0 rings (SSSR count). The van der Waals surface area contributed by atoms with E-state index in [0.717, 1.165) is 6.34 Å². The van der Waals surface area contributed by atoms with Gasteiger partial charge in [-0.25, -0.2) is 4.99 Å². The minimum atomic E-state index is 0.980. The van der Waals surface area contributed by atoms with E-state index < -0.39 is 0 Å². The van der Waals surface area contributed by atoms with E-state index in [9.17, 15) is 0 Å². The van der Waals surface area contributed by atoms with Crippen LogP contribution >= 0.6 is 0 Å². The van der Waals surface area contributed by atoms with E-state index in [2.05, 4.69) is 11.6 Å². The molecule has 2 heteroatoms. The van der Waals surface area contributed by atoms with Gasteiger partial charge in [0.05, 0.1) is 0 Å². The van der Waals surface area contributed by atoms with Crippen LogP contribution in [-0.2, 0) is 0 Å². The summed E-state index contributed by atoms with van der Waals surface area (Å²) in [6.07, 6.45) is 7.60. The van der Waals surface area contributed by atoms with Gasteiger partial charge in [-0.05, 0) is 6.08 Å². The normalized spacial score (nSPS) is 10.5. The second-order valence-corrected chi connectivity index (χ2v) is 1.05. The van der Waals surface area contributed by atoms with Gasteiger partial charge in [-0.2, -0.15) is 0 Å². The number of rotatable bonds is 3. The van der Waals surface area contributed by atoms with Crippen molar-refractivity contribution in [2.75, 3.05) is 0 Å². The van der Waals surface area contributed by atoms with E-state index in [0.29, 0.717) is 0 Å². The Labute approximate surface area is 48.8 Å². The molecule has 0 aliphatic rings. The molecule has 0 aromatic rings. The van der Waals surface area contributed by atoms with Gasteiger partial charge in [-0.15, -0.1) is 0 Å². The third-order valence-corrected chi connectivity index (χ3v) is 0.494. The maximum Gasteiger partial charge on any atom is 0.106 e. The van der Waals surface area contributed by atoms with Crippen molar-refractivity contribution in [2.45, 2.75) is 0 Å². The van der Waals surface area contributed by atoms with Crippen molar-refractivity contribution < 1.29 is 0 Å². The van der Waals surface area contributed by atoms with Crippen molar-refractivity contribution in [1.29, 1.82) is 5.41 Å². The van der Waals surface area contributed by atoms with Crippen LogP contribution in [0.15, 0.2) is 29.8 Å². The van der Waals surface area contributed by atoms with Crippen molar-refractivity contribution in [3.8, 4) is 0 Å². The molecule has 0 atom stereocenters. The van der Waals surface area contributed by atoms with Gasteiger partial charge in [0.15, 0.2) is 0 Å². The third kappa shape index (κ3) is 4.82. The Bertz CT molecular complexity index is 106. The highest BCUT2D eigenvalue weighted by atomic mass is 14.7. The average Bonchev–Trinajstić information content (AvgIpc) is 1.81. The van der Waals surface area contributed by atoms with Gasteiger partial charge in [-0.1, -0.05) is 18.7 Å². The second kappa shape index (κ2) is 5.82. The molecule has 0 heterocycles. The molecule has 0 radical (unpaired) electrons. The van der Waals surface area contributed by atoms with E-state index in [1.165, 1.54) is 6.21 Å². The number of nitrogens with zero attached hydrogens (tertiary/aromatic N) is 1. The highest BCUT2D eigenvalue weighted by molar-refractivity contribution is 5.79. The Balaban J connectivity index is 3.41. The molecule has 0 bridgehead atoms. The molecular formula is C6H8N2. The summed E-state index contributed by atoms with van der Waals surface area (Å²) in [6, 6.07) is 0. The van der Waals surface area contributed by atoms with Crippen LogP contribution in [0.2, 0.25) is 0 Å². The van der Waals surface area contributed by atoms with Crippen LogP contribution in [-0.4, -0.2) is 12.6 Å². The SMILES string of the molecule is C=C/C=C/C=NC=N. The minimum Gasteiger partial charge on any atom is -0.290 e. The zero-order valence-electron chi connectivity index (χ0n) is 4.54. The van der Waals surface area contributed by atoms with Gasteiger partial charge in [0.1, 0.15) is 6.34 Å². The monoisotopic (exact) mass is 108 g/mol.